The lowest BCUT2D eigenvalue weighted by molar-refractivity contribution is 0.102. The van der Waals surface area contributed by atoms with E-state index < -0.39 is 0 Å². The molecule has 0 aliphatic heterocycles. The van der Waals surface area contributed by atoms with E-state index in [4.69, 9.17) is 11.1 Å². The fraction of sp³-hybridized carbons (Fsp3) is 0.0714. The van der Waals surface area contributed by atoms with Crippen molar-refractivity contribution in [3.8, 4) is 0 Å². The average Bonchev–Trinajstić information content (AvgIpc) is 2.39. The highest BCUT2D eigenvalue weighted by atomic mass is 16.1. The van der Waals surface area contributed by atoms with Gasteiger partial charge in [-0.05, 0) is 25.1 Å². The topological polar surface area (TPSA) is 91.9 Å². The minimum atomic E-state index is -0.239. The minimum Gasteiger partial charge on any atom is -0.383 e. The molecular weight excluding hydrogens is 240 g/mol. The minimum absolute atomic E-state index is 0.219. The molecule has 19 heavy (non-hydrogen) atoms. The summed E-state index contributed by atoms with van der Waals surface area (Å²) in [5.41, 5.74) is 8.11. The van der Waals surface area contributed by atoms with Crippen molar-refractivity contribution in [1.29, 1.82) is 5.41 Å². The van der Waals surface area contributed by atoms with Gasteiger partial charge in [-0.2, -0.15) is 0 Å². The zero-order chi connectivity index (χ0) is 13.8. The molecule has 0 spiro atoms. The summed E-state index contributed by atoms with van der Waals surface area (Å²) in [5.74, 6) is -0.0190. The number of rotatable bonds is 3. The molecule has 0 radical (unpaired) electrons. The Morgan fingerprint density at radius 3 is 2.89 bits per heavy atom. The number of amides is 1. The third-order valence-corrected chi connectivity index (χ3v) is 2.69. The highest BCUT2D eigenvalue weighted by Crippen LogP contribution is 2.18. The van der Waals surface area contributed by atoms with Crippen LogP contribution in [-0.2, 0) is 0 Å². The van der Waals surface area contributed by atoms with Gasteiger partial charge in [-0.1, -0.05) is 17.7 Å². The lowest BCUT2D eigenvalue weighted by Gasteiger charge is -2.09. The van der Waals surface area contributed by atoms with Crippen molar-refractivity contribution in [2.45, 2.75) is 6.92 Å². The van der Waals surface area contributed by atoms with E-state index in [1.807, 2.05) is 19.1 Å². The molecule has 0 bridgehead atoms. The Morgan fingerprint density at radius 2 is 2.21 bits per heavy atom. The van der Waals surface area contributed by atoms with Crippen molar-refractivity contribution in [1.82, 2.24) is 4.98 Å². The molecule has 96 valence electrons. The third-order valence-electron chi connectivity index (χ3n) is 2.69. The quantitative estimate of drug-likeness (QED) is 0.733. The van der Waals surface area contributed by atoms with Crippen molar-refractivity contribution in [3.63, 3.8) is 0 Å². The molecule has 1 aromatic heterocycles. The van der Waals surface area contributed by atoms with Crippen LogP contribution >= 0.6 is 0 Å². The number of anilines is 2. The second kappa shape index (κ2) is 5.30. The fourth-order valence-electron chi connectivity index (χ4n) is 1.73. The van der Waals surface area contributed by atoms with Gasteiger partial charge in [0.2, 0.25) is 0 Å². The summed E-state index contributed by atoms with van der Waals surface area (Å²) < 4.78 is 0. The molecule has 1 aromatic carbocycles. The summed E-state index contributed by atoms with van der Waals surface area (Å²) in [6.45, 7) is 1.92. The molecule has 0 unspecified atom stereocenters. The Morgan fingerprint density at radius 1 is 1.42 bits per heavy atom. The summed E-state index contributed by atoms with van der Waals surface area (Å²) >= 11 is 0. The summed E-state index contributed by atoms with van der Waals surface area (Å²) in [6.07, 6.45) is 2.57. The smallest absolute Gasteiger partial charge is 0.255 e. The maximum atomic E-state index is 12.1. The number of nitrogens with one attached hydrogen (secondary N) is 2. The molecule has 5 heteroatoms. The first-order valence-electron chi connectivity index (χ1n) is 5.75. The van der Waals surface area contributed by atoms with Crippen LogP contribution in [0.15, 0.2) is 36.5 Å². The molecule has 0 fully saturated rings. The number of hydrogen-bond acceptors (Lipinski definition) is 4. The van der Waals surface area contributed by atoms with Gasteiger partial charge < -0.3 is 16.5 Å². The highest BCUT2D eigenvalue weighted by molar-refractivity contribution is 6.07. The van der Waals surface area contributed by atoms with Gasteiger partial charge in [0.05, 0.1) is 11.3 Å². The first-order chi connectivity index (χ1) is 9.11. The highest BCUT2D eigenvalue weighted by Gasteiger charge is 2.10. The Kier molecular flexibility index (Phi) is 3.56. The Bertz CT molecular complexity index is 637. The molecule has 2 aromatic rings. The summed E-state index contributed by atoms with van der Waals surface area (Å²) in [6, 6.07) is 8.89. The standard InChI is InChI=1S/C14H14N4O/c1-9-3-2-4-10(7-9)14(19)18-12-5-6-17-13(16)11(12)8-15/h2-8,15H,1H3,(H3,16,17,18,19). The number of nitrogens with two attached hydrogens (primary N) is 1. The van der Waals surface area contributed by atoms with E-state index in [0.717, 1.165) is 11.8 Å². The normalized spacial score (nSPS) is 9.95. The summed E-state index contributed by atoms with van der Waals surface area (Å²) in [4.78, 5) is 16.0. The van der Waals surface area contributed by atoms with Crippen LogP contribution in [0.2, 0.25) is 0 Å². The third kappa shape index (κ3) is 2.77. The van der Waals surface area contributed by atoms with Crippen LogP contribution in [0, 0.1) is 12.3 Å². The second-order valence-electron chi connectivity index (χ2n) is 4.13. The average molecular weight is 254 g/mol. The van der Waals surface area contributed by atoms with Crippen molar-refractivity contribution >= 4 is 23.6 Å². The second-order valence-corrected chi connectivity index (χ2v) is 4.13. The van der Waals surface area contributed by atoms with Gasteiger partial charge in [-0.25, -0.2) is 4.98 Å². The van der Waals surface area contributed by atoms with Gasteiger partial charge >= 0.3 is 0 Å². The van der Waals surface area contributed by atoms with Gasteiger partial charge in [-0.15, -0.1) is 0 Å². The molecule has 2 rings (SSSR count). The molecule has 1 heterocycles. The molecule has 1 amide bonds. The van der Waals surface area contributed by atoms with E-state index in [1.165, 1.54) is 6.20 Å². The lowest BCUT2D eigenvalue weighted by Crippen LogP contribution is -2.14. The number of aromatic nitrogens is 1. The number of carbonyl (C=O) groups is 1. The predicted molar refractivity (Wildman–Crippen MR) is 75.7 cm³/mol. The monoisotopic (exact) mass is 254 g/mol. The van der Waals surface area contributed by atoms with Gasteiger partial charge in [0, 0.05) is 18.0 Å². The number of pyridine rings is 1. The first-order valence-corrected chi connectivity index (χ1v) is 5.75. The number of benzene rings is 1. The SMILES string of the molecule is Cc1cccc(C(=O)Nc2ccnc(N)c2C=N)c1. The zero-order valence-electron chi connectivity index (χ0n) is 10.5. The lowest BCUT2D eigenvalue weighted by atomic mass is 10.1. The summed E-state index contributed by atoms with van der Waals surface area (Å²) in [7, 11) is 0. The van der Waals surface area contributed by atoms with Crippen LogP contribution in [0.25, 0.3) is 0 Å². The fourth-order valence-corrected chi connectivity index (χ4v) is 1.73. The van der Waals surface area contributed by atoms with Crippen LogP contribution in [-0.4, -0.2) is 17.1 Å². The molecule has 0 saturated heterocycles. The zero-order valence-corrected chi connectivity index (χ0v) is 10.5. The van der Waals surface area contributed by atoms with Gasteiger partial charge in [0.15, 0.2) is 0 Å². The van der Waals surface area contributed by atoms with Crippen LogP contribution < -0.4 is 11.1 Å². The largest absolute Gasteiger partial charge is 0.383 e. The Balaban J connectivity index is 2.29. The molecule has 4 N–H and O–H groups in total. The molecule has 5 nitrogen and oxygen atoms in total. The van der Waals surface area contributed by atoms with Crippen LogP contribution in [0.3, 0.4) is 0 Å². The van der Waals surface area contributed by atoms with Crippen molar-refractivity contribution < 1.29 is 4.79 Å². The van der Waals surface area contributed by atoms with Gasteiger partial charge in [-0.3, -0.25) is 4.79 Å². The first kappa shape index (κ1) is 12.8. The summed E-state index contributed by atoms with van der Waals surface area (Å²) in [5, 5.41) is 10.0. The van der Waals surface area contributed by atoms with E-state index in [-0.39, 0.29) is 11.7 Å². The van der Waals surface area contributed by atoms with Gasteiger partial charge in [0.1, 0.15) is 5.82 Å². The van der Waals surface area contributed by atoms with Crippen LogP contribution in [0.5, 0.6) is 0 Å². The molecular formula is C14H14N4O. The molecule has 0 saturated carbocycles. The van der Waals surface area contributed by atoms with Crippen LogP contribution in [0.1, 0.15) is 21.5 Å². The van der Waals surface area contributed by atoms with E-state index in [0.29, 0.717) is 16.8 Å². The Hall–Kier alpha value is -2.69. The van der Waals surface area contributed by atoms with E-state index in [9.17, 15) is 4.79 Å². The predicted octanol–water partition coefficient (Wildman–Crippen LogP) is 2.22. The van der Waals surface area contributed by atoms with Gasteiger partial charge in [0.25, 0.3) is 5.91 Å². The Labute approximate surface area is 111 Å². The maximum absolute atomic E-state index is 12.1. The van der Waals surface area contributed by atoms with Crippen molar-refractivity contribution in [2.24, 2.45) is 0 Å². The van der Waals surface area contributed by atoms with E-state index in [1.54, 1.807) is 18.2 Å². The van der Waals surface area contributed by atoms with Crippen molar-refractivity contribution in [3.05, 3.63) is 53.2 Å². The molecule has 0 atom stereocenters. The number of nitrogen functional groups attached to an aromatic ring is 1. The maximum Gasteiger partial charge on any atom is 0.255 e. The number of carbonyl (C=O) groups excluding carboxylic acids is 1. The number of nitrogens with zero attached hydrogens (tertiary/aromatic N) is 1. The molecule has 0 aliphatic carbocycles. The van der Waals surface area contributed by atoms with Crippen LogP contribution in [0.4, 0.5) is 11.5 Å². The molecule has 0 aliphatic rings. The number of aryl methyl sites for hydroxylation is 1. The van der Waals surface area contributed by atoms with Crippen molar-refractivity contribution in [2.75, 3.05) is 11.1 Å². The van der Waals surface area contributed by atoms with E-state index in [2.05, 4.69) is 10.3 Å². The van der Waals surface area contributed by atoms with E-state index >= 15 is 0 Å². The number of hydrogen-bond donors (Lipinski definition) is 3.